The molecule has 2 atom stereocenters. The van der Waals surface area contributed by atoms with Crippen LogP contribution in [0.15, 0.2) is 47.2 Å². The smallest absolute Gasteiger partial charge is 0.131 e. The van der Waals surface area contributed by atoms with Gasteiger partial charge in [-0.15, -0.1) is 0 Å². The van der Waals surface area contributed by atoms with Gasteiger partial charge in [-0.1, -0.05) is 12.1 Å². The van der Waals surface area contributed by atoms with Crippen LogP contribution in [-0.2, 0) is 21.6 Å². The van der Waals surface area contributed by atoms with E-state index in [0.29, 0.717) is 0 Å². The fraction of sp³-hybridized carbons (Fsp3) is 0.0526. The summed E-state index contributed by atoms with van der Waals surface area (Å²) in [6.45, 7) is 0. The molecule has 0 saturated carbocycles. The quantitative estimate of drug-likeness (QED) is 0.736. The van der Waals surface area contributed by atoms with Crippen molar-refractivity contribution in [2.45, 2.75) is 0 Å². The molecule has 2 aromatic carbocycles. The van der Waals surface area contributed by atoms with Gasteiger partial charge in [-0.2, -0.15) is 10.5 Å². The third-order valence-electron chi connectivity index (χ3n) is 3.29. The molecule has 2 unspecified atom stereocenters. The molecule has 0 spiro atoms. The third kappa shape index (κ3) is 6.07. The summed E-state index contributed by atoms with van der Waals surface area (Å²) in [6, 6.07) is 11.4. The zero-order valence-electron chi connectivity index (χ0n) is 13.8. The minimum Gasteiger partial charge on any atom is -0.254 e. The minimum absolute atomic E-state index is 0.156. The van der Waals surface area contributed by atoms with E-state index in [2.05, 4.69) is 0 Å². The monoisotopic (exact) mass is 402 g/mol. The van der Waals surface area contributed by atoms with Gasteiger partial charge in [0.15, 0.2) is 0 Å². The van der Waals surface area contributed by atoms with Crippen molar-refractivity contribution < 1.29 is 17.2 Å². The molecular weight excluding hydrogens is 390 g/mol. The molecule has 0 N–H and O–H groups in total. The lowest BCUT2D eigenvalue weighted by Gasteiger charge is -1.98. The van der Waals surface area contributed by atoms with Crippen molar-refractivity contribution >= 4 is 33.8 Å². The summed E-state index contributed by atoms with van der Waals surface area (Å²) >= 11 is 0. The van der Waals surface area contributed by atoms with E-state index < -0.39 is 33.2 Å². The Bertz CT molecular complexity index is 967. The third-order valence-corrected chi connectivity index (χ3v) is 6.03. The van der Waals surface area contributed by atoms with Gasteiger partial charge < -0.3 is 0 Å². The van der Waals surface area contributed by atoms with Gasteiger partial charge in [0.1, 0.15) is 16.7 Å². The first kappa shape index (κ1) is 20.4. The Hall–Kier alpha value is -2.94. The fourth-order valence-corrected chi connectivity index (χ4v) is 4.10. The summed E-state index contributed by atoms with van der Waals surface area (Å²) in [4.78, 5) is 0. The molecule has 0 heterocycles. The van der Waals surface area contributed by atoms with Crippen molar-refractivity contribution in [2.75, 3.05) is 5.08 Å². The molecule has 8 heteroatoms. The zero-order chi connectivity index (χ0) is 19.8. The number of rotatable bonds is 6. The maximum Gasteiger partial charge on any atom is 0.131 e. The van der Waals surface area contributed by atoms with Crippen molar-refractivity contribution in [3.05, 3.63) is 81.1 Å². The first-order valence-corrected chi connectivity index (χ1v) is 10.2. The summed E-state index contributed by atoms with van der Waals surface area (Å²) in [6.07, 6.45) is 2.57. The van der Waals surface area contributed by atoms with Crippen molar-refractivity contribution in [3.63, 3.8) is 0 Å². The molecular formula is C19H12F2N2O2S2. The number of hydrogen-bond donors (Lipinski definition) is 0. The van der Waals surface area contributed by atoms with Gasteiger partial charge in [-0.05, 0) is 36.4 Å². The van der Waals surface area contributed by atoms with Crippen LogP contribution in [0.3, 0.4) is 0 Å². The van der Waals surface area contributed by atoms with E-state index in [1.54, 1.807) is 0 Å². The van der Waals surface area contributed by atoms with Crippen LogP contribution in [0.5, 0.6) is 0 Å². The Balaban J connectivity index is 1.98. The van der Waals surface area contributed by atoms with E-state index in [4.69, 9.17) is 10.5 Å². The predicted octanol–water partition coefficient (Wildman–Crippen LogP) is 3.80. The van der Waals surface area contributed by atoms with E-state index in [-0.39, 0.29) is 27.3 Å². The van der Waals surface area contributed by atoms with E-state index in [9.17, 15) is 17.2 Å². The zero-order valence-corrected chi connectivity index (χ0v) is 15.4. The van der Waals surface area contributed by atoms with E-state index >= 15 is 0 Å². The van der Waals surface area contributed by atoms with Crippen molar-refractivity contribution in [1.82, 2.24) is 0 Å². The maximum atomic E-state index is 13.7. The largest absolute Gasteiger partial charge is 0.254 e. The molecule has 0 aromatic heterocycles. The highest BCUT2D eigenvalue weighted by atomic mass is 32.2. The molecule has 4 nitrogen and oxygen atoms in total. The van der Waals surface area contributed by atoms with Gasteiger partial charge in [0.2, 0.25) is 0 Å². The van der Waals surface area contributed by atoms with E-state index in [1.807, 2.05) is 12.1 Å². The van der Waals surface area contributed by atoms with Crippen LogP contribution >= 0.6 is 0 Å². The van der Waals surface area contributed by atoms with Gasteiger partial charge in [-0.3, -0.25) is 8.42 Å². The van der Waals surface area contributed by atoms with E-state index in [1.165, 1.54) is 47.2 Å². The second kappa shape index (κ2) is 9.67. The van der Waals surface area contributed by atoms with Gasteiger partial charge in [0, 0.05) is 21.9 Å². The number of nitriles is 2. The lowest BCUT2D eigenvalue weighted by Crippen LogP contribution is -1.99. The first-order chi connectivity index (χ1) is 12.9. The number of nitrogens with zero attached hydrogens (tertiary/aromatic N) is 2. The summed E-state index contributed by atoms with van der Waals surface area (Å²) in [5, 5.41) is 19.6. The van der Waals surface area contributed by atoms with Gasteiger partial charge >= 0.3 is 0 Å². The molecule has 0 aliphatic carbocycles. The average Bonchev–Trinajstić information content (AvgIpc) is 2.65. The highest BCUT2D eigenvalue weighted by molar-refractivity contribution is 8.04. The summed E-state index contributed by atoms with van der Waals surface area (Å²) in [5.74, 6) is -1.25. The van der Waals surface area contributed by atoms with Crippen LogP contribution in [0.4, 0.5) is 8.78 Å². The van der Waals surface area contributed by atoms with E-state index in [0.717, 1.165) is 12.1 Å². The van der Waals surface area contributed by atoms with Crippen LogP contribution in [0.25, 0.3) is 12.2 Å². The van der Waals surface area contributed by atoms with Gasteiger partial charge in [0.25, 0.3) is 0 Å². The molecule has 27 heavy (non-hydrogen) atoms. The lowest BCUT2D eigenvalue weighted by atomic mass is 10.1. The van der Waals surface area contributed by atoms with Crippen molar-refractivity contribution in [1.29, 1.82) is 10.5 Å². The standard InChI is InChI=1S/C19H12F2N2O2S2/c20-18-9-14(11-22)1-3-16(18)5-7-26(24)13-27(25)8-6-17-4-2-15(12-23)10-19(17)21/h1-10H,13H2/b7-5+,8-6?. The molecule has 2 rings (SSSR count). The van der Waals surface area contributed by atoms with Crippen LogP contribution < -0.4 is 0 Å². The molecule has 0 amide bonds. The molecule has 0 fully saturated rings. The molecule has 0 aliphatic rings. The highest BCUT2D eigenvalue weighted by Gasteiger charge is 2.05. The predicted molar refractivity (Wildman–Crippen MR) is 101 cm³/mol. The molecule has 0 aliphatic heterocycles. The molecule has 2 aromatic rings. The van der Waals surface area contributed by atoms with Gasteiger partial charge in [-0.25, -0.2) is 8.78 Å². The Morgan fingerprint density at radius 2 is 1.22 bits per heavy atom. The molecule has 0 saturated heterocycles. The lowest BCUT2D eigenvalue weighted by molar-refractivity contribution is 0.624. The number of hydrogen-bond acceptors (Lipinski definition) is 4. The molecule has 136 valence electrons. The van der Waals surface area contributed by atoms with Crippen molar-refractivity contribution in [2.24, 2.45) is 0 Å². The molecule has 0 radical (unpaired) electrons. The Labute approximate surface area is 160 Å². The first-order valence-electron chi connectivity index (χ1n) is 7.43. The van der Waals surface area contributed by atoms with Crippen LogP contribution in [0, 0.1) is 34.3 Å². The van der Waals surface area contributed by atoms with Gasteiger partial charge in [0.05, 0.1) is 44.9 Å². The number of halogens is 2. The second-order valence-corrected chi connectivity index (χ2v) is 8.19. The van der Waals surface area contributed by atoms with Crippen molar-refractivity contribution in [3.8, 4) is 12.1 Å². The highest BCUT2D eigenvalue weighted by Crippen LogP contribution is 2.13. The normalized spacial score (nSPS) is 13.3. The van der Waals surface area contributed by atoms with Crippen LogP contribution in [-0.4, -0.2) is 13.5 Å². The minimum atomic E-state index is -1.63. The SMILES string of the molecule is N#Cc1ccc(C=CS(=O)CS(=O)/C=C/c2ccc(C#N)cc2F)c(F)c1. The van der Waals surface area contributed by atoms with Crippen LogP contribution in [0.2, 0.25) is 0 Å². The fourth-order valence-electron chi connectivity index (χ4n) is 1.96. The Morgan fingerprint density at radius 3 is 1.56 bits per heavy atom. The maximum absolute atomic E-state index is 13.7. The average molecular weight is 402 g/mol. The molecule has 0 bridgehead atoms. The summed E-state index contributed by atoms with van der Waals surface area (Å²) in [5.41, 5.74) is 0.658. The summed E-state index contributed by atoms with van der Waals surface area (Å²) < 4.78 is 51.3. The second-order valence-electron chi connectivity index (χ2n) is 5.18. The Morgan fingerprint density at radius 1 is 0.815 bits per heavy atom. The topological polar surface area (TPSA) is 81.7 Å². The number of benzene rings is 2. The summed E-state index contributed by atoms with van der Waals surface area (Å²) in [7, 11) is -3.27. The van der Waals surface area contributed by atoms with Crippen LogP contribution in [0.1, 0.15) is 22.3 Å². The Kier molecular flexibility index (Phi) is 7.30.